The lowest BCUT2D eigenvalue weighted by molar-refractivity contribution is -0.139. The highest BCUT2D eigenvalue weighted by molar-refractivity contribution is 5.96. The fourth-order valence-electron chi connectivity index (χ4n) is 1.58. The second-order valence-electron chi connectivity index (χ2n) is 4.19. The predicted molar refractivity (Wildman–Crippen MR) is 66.5 cm³/mol. The first-order chi connectivity index (χ1) is 8.90. The van der Waals surface area contributed by atoms with E-state index < -0.39 is 11.7 Å². The molecule has 0 amide bonds. The van der Waals surface area contributed by atoms with Gasteiger partial charge in [-0.1, -0.05) is 26.3 Å². The minimum absolute atomic E-state index is 0.200. The molecule has 1 aromatic carbocycles. The average molecular weight is 274 g/mol. The van der Waals surface area contributed by atoms with Gasteiger partial charge in [0.1, 0.15) is 5.75 Å². The second kappa shape index (κ2) is 6.59. The Labute approximate surface area is 110 Å². The van der Waals surface area contributed by atoms with E-state index >= 15 is 0 Å². The number of carbonyl (C=O) groups excluding carboxylic acids is 1. The summed E-state index contributed by atoms with van der Waals surface area (Å²) in [6.45, 7) is 3.80. The Bertz CT molecular complexity index is 439. The number of benzene rings is 1. The van der Waals surface area contributed by atoms with Crippen LogP contribution in [-0.2, 0) is 6.18 Å². The fraction of sp³-hybridized carbons (Fsp3) is 0.500. The number of carbonyl (C=O) groups is 1. The highest BCUT2D eigenvalue weighted by atomic mass is 19.4. The molecule has 1 rings (SSSR count). The number of ether oxygens (including phenoxy) is 1. The normalized spacial score (nSPS) is 11.4. The summed E-state index contributed by atoms with van der Waals surface area (Å²) in [5.74, 6) is -0.464. The summed E-state index contributed by atoms with van der Waals surface area (Å²) in [4.78, 5) is 11.5. The molecular weight excluding hydrogens is 257 g/mol. The van der Waals surface area contributed by atoms with Crippen LogP contribution in [0.3, 0.4) is 0 Å². The van der Waals surface area contributed by atoms with Gasteiger partial charge in [-0.25, -0.2) is 0 Å². The van der Waals surface area contributed by atoms with Crippen molar-refractivity contribution in [1.29, 1.82) is 0 Å². The van der Waals surface area contributed by atoms with Crippen LogP contribution in [0.15, 0.2) is 18.2 Å². The molecule has 0 saturated carbocycles. The van der Waals surface area contributed by atoms with E-state index in [9.17, 15) is 18.0 Å². The smallest absolute Gasteiger partial charge is 0.419 e. The number of ketones is 1. The number of unbranched alkanes of at least 4 members (excludes halogenated alkanes) is 1. The molecule has 0 atom stereocenters. The molecule has 0 aliphatic rings. The molecule has 0 fully saturated rings. The third-order valence-electron chi connectivity index (χ3n) is 2.69. The van der Waals surface area contributed by atoms with Crippen molar-refractivity contribution in [3.8, 4) is 5.75 Å². The summed E-state index contributed by atoms with van der Waals surface area (Å²) < 4.78 is 43.6. The van der Waals surface area contributed by atoms with E-state index in [-0.39, 0.29) is 30.1 Å². The number of halogens is 3. The maximum Gasteiger partial charge on any atom is 0.419 e. The molecular formula is C14H17F3O2. The van der Waals surface area contributed by atoms with E-state index in [1.165, 1.54) is 12.1 Å². The zero-order valence-corrected chi connectivity index (χ0v) is 11.0. The largest absolute Gasteiger partial charge is 0.493 e. The van der Waals surface area contributed by atoms with Crippen molar-refractivity contribution < 1.29 is 22.7 Å². The minimum Gasteiger partial charge on any atom is -0.493 e. The van der Waals surface area contributed by atoms with Crippen molar-refractivity contribution >= 4 is 5.78 Å². The van der Waals surface area contributed by atoms with Gasteiger partial charge < -0.3 is 4.74 Å². The summed E-state index contributed by atoms with van der Waals surface area (Å²) in [6, 6.07) is 3.29. The van der Waals surface area contributed by atoms with Crippen LogP contribution in [0.1, 0.15) is 49.0 Å². The van der Waals surface area contributed by atoms with Crippen molar-refractivity contribution in [3.63, 3.8) is 0 Å². The highest BCUT2D eigenvalue weighted by Crippen LogP contribution is 2.37. The van der Waals surface area contributed by atoms with Gasteiger partial charge in [0.05, 0.1) is 12.2 Å². The number of rotatable bonds is 6. The summed E-state index contributed by atoms with van der Waals surface area (Å²) in [6.07, 6.45) is -2.73. The molecule has 0 bridgehead atoms. The molecule has 0 aromatic heterocycles. The molecule has 0 spiro atoms. The molecule has 0 radical (unpaired) electrons. The van der Waals surface area contributed by atoms with E-state index in [0.717, 1.165) is 12.5 Å². The monoisotopic (exact) mass is 274 g/mol. The summed E-state index contributed by atoms with van der Waals surface area (Å²) in [5, 5.41) is 0. The topological polar surface area (TPSA) is 26.3 Å². The third-order valence-corrected chi connectivity index (χ3v) is 2.69. The van der Waals surface area contributed by atoms with Crippen molar-refractivity contribution in [2.24, 2.45) is 0 Å². The fourth-order valence-corrected chi connectivity index (χ4v) is 1.58. The van der Waals surface area contributed by atoms with E-state index in [1.807, 2.05) is 6.92 Å². The molecule has 0 saturated heterocycles. The van der Waals surface area contributed by atoms with Crippen LogP contribution in [-0.4, -0.2) is 12.4 Å². The number of hydrogen-bond donors (Lipinski definition) is 0. The van der Waals surface area contributed by atoms with Gasteiger partial charge in [-0.2, -0.15) is 13.2 Å². The van der Waals surface area contributed by atoms with Crippen molar-refractivity contribution in [3.05, 3.63) is 29.3 Å². The van der Waals surface area contributed by atoms with Gasteiger partial charge in [-0.05, 0) is 18.6 Å². The molecule has 0 aliphatic carbocycles. The lowest BCUT2D eigenvalue weighted by atomic mass is 10.1. The first-order valence-electron chi connectivity index (χ1n) is 6.27. The average Bonchev–Trinajstić information content (AvgIpc) is 2.36. The summed E-state index contributed by atoms with van der Waals surface area (Å²) >= 11 is 0. The highest BCUT2D eigenvalue weighted by Gasteiger charge is 2.34. The number of alkyl halides is 3. The molecule has 0 unspecified atom stereocenters. The summed E-state index contributed by atoms with van der Waals surface area (Å²) in [7, 11) is 0. The molecule has 1 aromatic rings. The zero-order valence-electron chi connectivity index (χ0n) is 11.0. The molecule has 0 heterocycles. The Morgan fingerprint density at radius 2 is 1.95 bits per heavy atom. The van der Waals surface area contributed by atoms with Crippen molar-refractivity contribution in [2.45, 2.75) is 39.3 Å². The van der Waals surface area contributed by atoms with Crippen LogP contribution in [0, 0.1) is 0 Å². The third kappa shape index (κ3) is 4.26. The Kier molecular flexibility index (Phi) is 5.39. The van der Waals surface area contributed by atoms with E-state index in [2.05, 4.69) is 0 Å². The lowest BCUT2D eigenvalue weighted by Crippen LogP contribution is -2.10. The van der Waals surface area contributed by atoms with Crippen LogP contribution in [0.25, 0.3) is 0 Å². The van der Waals surface area contributed by atoms with Crippen LogP contribution in [0.5, 0.6) is 5.75 Å². The molecule has 106 valence electrons. The van der Waals surface area contributed by atoms with Gasteiger partial charge >= 0.3 is 6.18 Å². The maximum absolute atomic E-state index is 12.8. The zero-order chi connectivity index (χ0) is 14.5. The standard InChI is InChI=1S/C14H17F3O2/c1-3-5-8-19-13-9-10(12(18)4-2)6-7-11(13)14(15,16)17/h6-7,9H,3-5,8H2,1-2H3. The Morgan fingerprint density at radius 3 is 2.47 bits per heavy atom. The Balaban J connectivity index is 3.07. The second-order valence-corrected chi connectivity index (χ2v) is 4.19. The van der Waals surface area contributed by atoms with Crippen molar-refractivity contribution in [1.82, 2.24) is 0 Å². The van der Waals surface area contributed by atoms with Crippen LogP contribution < -0.4 is 4.74 Å². The van der Waals surface area contributed by atoms with Gasteiger partial charge in [-0.15, -0.1) is 0 Å². The molecule has 5 heteroatoms. The maximum atomic E-state index is 12.8. The molecule has 19 heavy (non-hydrogen) atoms. The van der Waals surface area contributed by atoms with Gasteiger partial charge in [0.25, 0.3) is 0 Å². The van der Waals surface area contributed by atoms with Crippen LogP contribution in [0.2, 0.25) is 0 Å². The molecule has 0 aliphatic heterocycles. The lowest BCUT2D eigenvalue weighted by Gasteiger charge is -2.14. The number of Topliss-reactive ketones (excluding diaryl/α,β-unsaturated/α-hetero) is 1. The number of hydrogen-bond acceptors (Lipinski definition) is 2. The Hall–Kier alpha value is -1.52. The molecule has 0 N–H and O–H groups in total. The molecule has 2 nitrogen and oxygen atoms in total. The Morgan fingerprint density at radius 1 is 1.26 bits per heavy atom. The summed E-state index contributed by atoms with van der Waals surface area (Å²) in [5.41, 5.74) is -0.585. The van der Waals surface area contributed by atoms with Gasteiger partial charge in [-0.3, -0.25) is 4.79 Å². The van der Waals surface area contributed by atoms with Gasteiger partial charge in [0.2, 0.25) is 0 Å². The minimum atomic E-state index is -4.48. The predicted octanol–water partition coefficient (Wildman–Crippen LogP) is 4.48. The van der Waals surface area contributed by atoms with E-state index in [4.69, 9.17) is 4.74 Å². The first kappa shape index (κ1) is 15.5. The quantitative estimate of drug-likeness (QED) is 0.565. The van der Waals surface area contributed by atoms with Gasteiger partial charge in [0.15, 0.2) is 5.78 Å². The van der Waals surface area contributed by atoms with Crippen LogP contribution >= 0.6 is 0 Å². The van der Waals surface area contributed by atoms with Gasteiger partial charge in [0, 0.05) is 12.0 Å². The van der Waals surface area contributed by atoms with E-state index in [1.54, 1.807) is 6.92 Å². The van der Waals surface area contributed by atoms with Crippen LogP contribution in [0.4, 0.5) is 13.2 Å². The first-order valence-corrected chi connectivity index (χ1v) is 6.27. The van der Waals surface area contributed by atoms with E-state index in [0.29, 0.717) is 6.42 Å². The van der Waals surface area contributed by atoms with Crippen molar-refractivity contribution in [2.75, 3.05) is 6.61 Å². The SMILES string of the molecule is CCCCOc1cc(C(=O)CC)ccc1C(F)(F)F.